The molecule has 2 aromatic rings. The lowest BCUT2D eigenvalue weighted by Crippen LogP contribution is -2.36. The highest BCUT2D eigenvalue weighted by molar-refractivity contribution is 7.03. The van der Waals surface area contributed by atoms with Crippen molar-refractivity contribution in [2.75, 3.05) is 13.1 Å². The van der Waals surface area contributed by atoms with Crippen molar-refractivity contribution >= 4 is 11.5 Å². The zero-order chi connectivity index (χ0) is 13.6. The van der Waals surface area contributed by atoms with Crippen molar-refractivity contribution in [1.29, 1.82) is 0 Å². The summed E-state index contributed by atoms with van der Waals surface area (Å²) in [6.07, 6.45) is 2.59. The molecule has 20 heavy (non-hydrogen) atoms. The first-order chi connectivity index (χ1) is 9.90. The smallest absolute Gasteiger partial charge is 0.0895 e. The Morgan fingerprint density at radius 3 is 2.70 bits per heavy atom. The lowest BCUT2D eigenvalue weighted by Gasteiger charge is -2.31. The Hall–Kier alpha value is -1.30. The van der Waals surface area contributed by atoms with Crippen molar-refractivity contribution in [3.05, 3.63) is 47.0 Å². The van der Waals surface area contributed by atoms with Crippen LogP contribution in [0.5, 0.6) is 0 Å². The molecule has 3 rings (SSSR count). The summed E-state index contributed by atoms with van der Waals surface area (Å²) >= 11 is 1.42. The van der Waals surface area contributed by atoms with Crippen LogP contribution in [-0.2, 0) is 17.9 Å². The van der Waals surface area contributed by atoms with Crippen LogP contribution in [0, 0.1) is 0 Å². The molecule has 0 bridgehead atoms. The topological polar surface area (TPSA) is 38.2 Å². The molecule has 1 aliphatic rings. The predicted octanol–water partition coefficient (Wildman–Crippen LogP) is 2.72. The second-order valence-electron chi connectivity index (χ2n) is 5.17. The number of nitrogens with zero attached hydrogens (tertiary/aromatic N) is 3. The van der Waals surface area contributed by atoms with Gasteiger partial charge in [-0.25, -0.2) is 0 Å². The maximum atomic E-state index is 6.00. The van der Waals surface area contributed by atoms with Crippen LogP contribution >= 0.6 is 11.5 Å². The van der Waals surface area contributed by atoms with Gasteiger partial charge in [0, 0.05) is 25.0 Å². The molecule has 0 unspecified atom stereocenters. The number of hydrogen-bond donors (Lipinski definition) is 0. The Morgan fingerprint density at radius 2 is 2.00 bits per heavy atom. The number of hydrogen-bond acceptors (Lipinski definition) is 5. The third-order valence-corrected chi connectivity index (χ3v) is 4.21. The van der Waals surface area contributed by atoms with E-state index < -0.39 is 0 Å². The van der Waals surface area contributed by atoms with Gasteiger partial charge in [0.1, 0.15) is 0 Å². The van der Waals surface area contributed by atoms with Crippen molar-refractivity contribution in [3.63, 3.8) is 0 Å². The van der Waals surface area contributed by atoms with Crippen LogP contribution in [0.4, 0.5) is 0 Å². The molecule has 1 aliphatic heterocycles. The van der Waals surface area contributed by atoms with Crippen molar-refractivity contribution in [2.45, 2.75) is 32.1 Å². The largest absolute Gasteiger partial charge is 0.373 e. The van der Waals surface area contributed by atoms with Gasteiger partial charge in [0.05, 0.1) is 18.4 Å². The fraction of sp³-hybridized carbons (Fsp3) is 0.467. The van der Waals surface area contributed by atoms with Gasteiger partial charge >= 0.3 is 0 Å². The van der Waals surface area contributed by atoms with Gasteiger partial charge in [-0.1, -0.05) is 34.8 Å². The molecule has 0 atom stereocenters. The minimum Gasteiger partial charge on any atom is -0.373 e. The van der Waals surface area contributed by atoms with Crippen molar-refractivity contribution in [2.24, 2.45) is 0 Å². The zero-order valence-corrected chi connectivity index (χ0v) is 12.3. The summed E-state index contributed by atoms with van der Waals surface area (Å²) in [5.41, 5.74) is 2.34. The van der Waals surface area contributed by atoms with E-state index in [1.807, 2.05) is 11.4 Å². The summed E-state index contributed by atoms with van der Waals surface area (Å²) in [5.74, 6) is 0. The number of likely N-dealkylation sites (tertiary alicyclic amines) is 1. The maximum Gasteiger partial charge on any atom is 0.0895 e. The molecule has 4 nitrogen and oxygen atoms in total. The predicted molar refractivity (Wildman–Crippen MR) is 79.4 cm³/mol. The fourth-order valence-electron chi connectivity index (χ4n) is 2.50. The number of rotatable bonds is 5. The van der Waals surface area contributed by atoms with E-state index in [1.165, 1.54) is 17.1 Å². The Morgan fingerprint density at radius 1 is 1.20 bits per heavy atom. The lowest BCUT2D eigenvalue weighted by atomic mass is 10.1. The van der Waals surface area contributed by atoms with Gasteiger partial charge in [0.2, 0.25) is 0 Å². The average molecular weight is 289 g/mol. The van der Waals surface area contributed by atoms with Crippen molar-refractivity contribution < 1.29 is 4.74 Å². The van der Waals surface area contributed by atoms with Gasteiger partial charge in [-0.05, 0) is 29.9 Å². The zero-order valence-electron chi connectivity index (χ0n) is 11.4. The normalized spacial score (nSPS) is 17.4. The molecule has 1 saturated heterocycles. The summed E-state index contributed by atoms with van der Waals surface area (Å²) in [6.45, 7) is 3.80. The standard InChI is InChI=1S/C15H19N3OS/c1-2-4-13(5-3-1)11-19-15-6-8-18(9-7-15)10-14-12-20-17-16-14/h1-5,12,15H,6-11H2. The van der Waals surface area contributed by atoms with E-state index in [-0.39, 0.29) is 0 Å². The van der Waals surface area contributed by atoms with Gasteiger partial charge in [-0.3, -0.25) is 4.90 Å². The van der Waals surface area contributed by atoms with Crippen LogP contribution in [0.2, 0.25) is 0 Å². The molecule has 1 aromatic carbocycles. The van der Waals surface area contributed by atoms with Gasteiger partial charge in [0.25, 0.3) is 0 Å². The summed E-state index contributed by atoms with van der Waals surface area (Å²) < 4.78 is 9.91. The second kappa shape index (κ2) is 6.92. The summed E-state index contributed by atoms with van der Waals surface area (Å²) in [5, 5.41) is 6.13. The van der Waals surface area contributed by atoms with E-state index in [2.05, 4.69) is 38.8 Å². The Labute approximate surface area is 123 Å². The summed E-state index contributed by atoms with van der Waals surface area (Å²) in [6, 6.07) is 10.4. The highest BCUT2D eigenvalue weighted by Gasteiger charge is 2.20. The molecule has 1 aromatic heterocycles. The SMILES string of the molecule is c1ccc(COC2CCN(Cc3csnn3)CC2)cc1. The first kappa shape index (κ1) is 13.7. The minimum absolute atomic E-state index is 0.389. The molecule has 106 valence electrons. The van der Waals surface area contributed by atoms with E-state index in [9.17, 15) is 0 Å². The van der Waals surface area contributed by atoms with E-state index in [1.54, 1.807) is 0 Å². The molecule has 1 fully saturated rings. The third kappa shape index (κ3) is 3.85. The van der Waals surface area contributed by atoms with Crippen LogP contribution in [0.15, 0.2) is 35.7 Å². The van der Waals surface area contributed by atoms with Crippen molar-refractivity contribution in [3.8, 4) is 0 Å². The molecule has 0 saturated carbocycles. The lowest BCUT2D eigenvalue weighted by molar-refractivity contribution is -0.00414. The monoisotopic (exact) mass is 289 g/mol. The van der Waals surface area contributed by atoms with E-state index in [0.717, 1.165) is 44.8 Å². The van der Waals surface area contributed by atoms with Gasteiger partial charge in [-0.2, -0.15) is 0 Å². The highest BCUT2D eigenvalue weighted by atomic mass is 32.1. The quantitative estimate of drug-likeness (QED) is 0.848. The molecule has 0 aliphatic carbocycles. The Bertz CT molecular complexity index is 495. The molecular weight excluding hydrogens is 270 g/mol. The van der Waals surface area contributed by atoms with Crippen LogP contribution in [0.3, 0.4) is 0 Å². The van der Waals surface area contributed by atoms with Gasteiger partial charge in [0.15, 0.2) is 0 Å². The second-order valence-corrected chi connectivity index (χ2v) is 5.78. The van der Waals surface area contributed by atoms with Crippen molar-refractivity contribution in [1.82, 2.24) is 14.5 Å². The molecule has 5 heteroatoms. The molecule has 0 amide bonds. The first-order valence-corrected chi connectivity index (χ1v) is 7.87. The number of aromatic nitrogens is 2. The van der Waals surface area contributed by atoms with Crippen LogP contribution in [-0.4, -0.2) is 33.7 Å². The summed E-state index contributed by atoms with van der Waals surface area (Å²) in [7, 11) is 0. The van der Waals surface area contributed by atoms with E-state index in [0.29, 0.717) is 6.10 Å². The van der Waals surface area contributed by atoms with Gasteiger partial charge in [-0.15, -0.1) is 5.10 Å². The number of ether oxygens (including phenoxy) is 1. The molecule has 0 radical (unpaired) electrons. The number of benzene rings is 1. The Kier molecular flexibility index (Phi) is 4.73. The number of piperidine rings is 1. The molecule has 2 heterocycles. The first-order valence-electron chi connectivity index (χ1n) is 7.04. The third-order valence-electron chi connectivity index (χ3n) is 3.65. The van der Waals surface area contributed by atoms with Gasteiger partial charge < -0.3 is 4.74 Å². The fourth-order valence-corrected chi connectivity index (χ4v) is 2.95. The van der Waals surface area contributed by atoms with E-state index >= 15 is 0 Å². The van der Waals surface area contributed by atoms with Crippen LogP contribution in [0.1, 0.15) is 24.1 Å². The average Bonchev–Trinajstić information content (AvgIpc) is 3.01. The highest BCUT2D eigenvalue weighted by Crippen LogP contribution is 2.17. The van der Waals surface area contributed by atoms with Crippen LogP contribution < -0.4 is 0 Å². The van der Waals surface area contributed by atoms with E-state index in [4.69, 9.17) is 4.74 Å². The summed E-state index contributed by atoms with van der Waals surface area (Å²) in [4.78, 5) is 2.43. The maximum absolute atomic E-state index is 6.00. The minimum atomic E-state index is 0.389. The molecular formula is C15H19N3OS. The molecule has 0 spiro atoms. The Balaban J connectivity index is 1.40. The molecule has 0 N–H and O–H groups in total. The van der Waals surface area contributed by atoms with Crippen LogP contribution in [0.25, 0.3) is 0 Å².